The summed E-state index contributed by atoms with van der Waals surface area (Å²) in [6.07, 6.45) is 4.81. The van der Waals surface area contributed by atoms with Gasteiger partial charge in [-0.05, 0) is 24.5 Å². The molecule has 9 heteroatoms. The van der Waals surface area contributed by atoms with Gasteiger partial charge in [-0.15, -0.1) is 0 Å². The molecular weight excluding hydrogens is 400 g/mol. The number of ether oxygens (including phenoxy) is 1. The summed E-state index contributed by atoms with van der Waals surface area (Å²) in [5.41, 5.74) is 1.10. The Morgan fingerprint density at radius 1 is 1.16 bits per heavy atom. The molecule has 1 amide bonds. The molecule has 2 fully saturated rings. The number of morpholine rings is 1. The molecule has 0 aliphatic carbocycles. The lowest BCUT2D eigenvalue weighted by atomic mass is 9.96. The maximum absolute atomic E-state index is 13.1. The molecule has 0 saturated carbocycles. The fourth-order valence-electron chi connectivity index (χ4n) is 4.19. The van der Waals surface area contributed by atoms with Crippen LogP contribution in [0.15, 0.2) is 48.8 Å². The Kier molecular flexibility index (Phi) is 8.57. The summed E-state index contributed by atoms with van der Waals surface area (Å²) >= 11 is 0. The highest BCUT2D eigenvalue weighted by molar-refractivity contribution is 5.76. The van der Waals surface area contributed by atoms with Crippen molar-refractivity contribution in [1.29, 1.82) is 0 Å². The number of hydrogen-bond acceptors (Lipinski definition) is 6. The first-order valence-electron chi connectivity index (χ1n) is 10.5. The Morgan fingerprint density at radius 2 is 1.87 bits per heavy atom. The average Bonchev–Trinajstić information content (AvgIpc) is 3.29. The largest absolute Gasteiger partial charge is 0.483 e. The van der Waals surface area contributed by atoms with Crippen LogP contribution >= 0.6 is 0 Å². The second-order valence-corrected chi connectivity index (χ2v) is 7.69. The molecule has 3 heterocycles. The maximum Gasteiger partial charge on any atom is 0.290 e. The molecule has 2 saturated heterocycles. The van der Waals surface area contributed by atoms with E-state index >= 15 is 0 Å². The van der Waals surface area contributed by atoms with Crippen molar-refractivity contribution in [3.63, 3.8) is 0 Å². The zero-order valence-corrected chi connectivity index (χ0v) is 17.5. The summed E-state index contributed by atoms with van der Waals surface area (Å²) < 4.78 is 7.84. The van der Waals surface area contributed by atoms with Gasteiger partial charge in [0.05, 0.1) is 24.9 Å². The number of aliphatic hydroxyl groups excluding tert-OH is 1. The number of benzene rings is 1. The minimum atomic E-state index is -0.250. The number of amides is 1. The van der Waals surface area contributed by atoms with Gasteiger partial charge in [-0.25, -0.2) is 0 Å². The second-order valence-electron chi connectivity index (χ2n) is 7.69. The third-order valence-electron chi connectivity index (χ3n) is 5.67. The van der Waals surface area contributed by atoms with Crippen molar-refractivity contribution >= 4 is 12.4 Å². The molecule has 2 aliphatic rings. The predicted molar refractivity (Wildman–Crippen MR) is 113 cm³/mol. The van der Waals surface area contributed by atoms with Crippen molar-refractivity contribution in [2.45, 2.75) is 37.6 Å². The number of piperidine rings is 1. The van der Waals surface area contributed by atoms with Gasteiger partial charge in [0.1, 0.15) is 6.54 Å². The molecule has 2 aromatic rings. The van der Waals surface area contributed by atoms with Gasteiger partial charge in [0, 0.05) is 38.6 Å². The highest BCUT2D eigenvalue weighted by atomic mass is 16.5. The van der Waals surface area contributed by atoms with Gasteiger partial charge < -0.3 is 24.7 Å². The van der Waals surface area contributed by atoms with Crippen molar-refractivity contribution in [3.05, 3.63) is 54.4 Å². The van der Waals surface area contributed by atoms with Gasteiger partial charge in [0.15, 0.2) is 0 Å². The van der Waals surface area contributed by atoms with E-state index in [2.05, 4.69) is 22.1 Å². The lowest BCUT2D eigenvalue weighted by Gasteiger charge is -2.44. The predicted octanol–water partition coefficient (Wildman–Crippen LogP) is 1.01. The highest BCUT2D eigenvalue weighted by Gasteiger charge is 2.37. The smallest absolute Gasteiger partial charge is 0.290 e. The van der Waals surface area contributed by atoms with Crippen LogP contribution in [0.3, 0.4) is 0 Å². The van der Waals surface area contributed by atoms with E-state index in [-0.39, 0.29) is 37.2 Å². The van der Waals surface area contributed by atoms with E-state index < -0.39 is 0 Å². The monoisotopic (exact) mass is 430 g/mol. The fourth-order valence-corrected chi connectivity index (χ4v) is 4.19. The molecule has 0 unspecified atom stereocenters. The summed E-state index contributed by atoms with van der Waals surface area (Å²) in [6, 6.07) is 11.9. The molecule has 168 valence electrons. The summed E-state index contributed by atoms with van der Waals surface area (Å²) in [6.45, 7) is 3.59. The number of hydrogen-bond donors (Lipinski definition) is 2. The van der Waals surface area contributed by atoms with Gasteiger partial charge in [0.2, 0.25) is 5.91 Å². The number of likely N-dealkylation sites (tertiary alicyclic amines) is 1. The van der Waals surface area contributed by atoms with Crippen LogP contribution in [0.1, 0.15) is 24.4 Å². The SMILES string of the molecule is O=C(Cn1cccn1)N1CCO[C@@H](CN2CCC(O)CC2)[C@@H]1c1ccccc1.O=CO. The molecule has 2 N–H and O–H groups in total. The summed E-state index contributed by atoms with van der Waals surface area (Å²) in [7, 11) is 0. The van der Waals surface area contributed by atoms with Crippen LogP contribution < -0.4 is 0 Å². The van der Waals surface area contributed by atoms with Crippen LogP contribution in [0.25, 0.3) is 0 Å². The lowest BCUT2D eigenvalue weighted by Crippen LogP contribution is -2.53. The number of aliphatic hydroxyl groups is 1. The Bertz CT molecular complexity index is 793. The van der Waals surface area contributed by atoms with Gasteiger partial charge in [-0.3, -0.25) is 14.3 Å². The number of aromatic nitrogens is 2. The fraction of sp³-hybridized carbons (Fsp3) is 0.500. The molecule has 9 nitrogen and oxygen atoms in total. The Labute approximate surface area is 181 Å². The molecule has 0 radical (unpaired) electrons. The van der Waals surface area contributed by atoms with E-state index in [4.69, 9.17) is 14.6 Å². The van der Waals surface area contributed by atoms with Crippen LogP contribution in [0, 0.1) is 0 Å². The first kappa shape index (κ1) is 22.9. The molecule has 4 rings (SSSR count). The zero-order valence-electron chi connectivity index (χ0n) is 17.5. The number of carboxylic acid groups (broad SMARTS) is 1. The van der Waals surface area contributed by atoms with Crippen molar-refractivity contribution < 1.29 is 24.5 Å². The Morgan fingerprint density at radius 3 is 2.52 bits per heavy atom. The summed E-state index contributed by atoms with van der Waals surface area (Å²) in [5, 5.41) is 20.8. The van der Waals surface area contributed by atoms with E-state index in [1.165, 1.54) is 0 Å². The van der Waals surface area contributed by atoms with Crippen LogP contribution in [-0.4, -0.2) is 87.2 Å². The quantitative estimate of drug-likeness (QED) is 0.682. The van der Waals surface area contributed by atoms with Gasteiger partial charge in [0.25, 0.3) is 6.47 Å². The number of rotatable bonds is 5. The molecule has 2 atom stereocenters. The van der Waals surface area contributed by atoms with Crippen molar-refractivity contribution in [3.8, 4) is 0 Å². The zero-order chi connectivity index (χ0) is 22.1. The average molecular weight is 431 g/mol. The summed E-state index contributed by atoms with van der Waals surface area (Å²) in [5.74, 6) is 0.0555. The molecule has 0 bridgehead atoms. The van der Waals surface area contributed by atoms with Crippen LogP contribution in [0.4, 0.5) is 0 Å². The van der Waals surface area contributed by atoms with E-state index in [0.29, 0.717) is 13.2 Å². The third kappa shape index (κ3) is 6.36. The minimum Gasteiger partial charge on any atom is -0.483 e. The first-order valence-corrected chi connectivity index (χ1v) is 10.5. The Hall–Kier alpha value is -2.75. The first-order chi connectivity index (χ1) is 15.1. The number of carbonyl (C=O) groups excluding carboxylic acids is 1. The Balaban J connectivity index is 0.000000858. The lowest BCUT2D eigenvalue weighted by molar-refractivity contribution is -0.149. The summed E-state index contributed by atoms with van der Waals surface area (Å²) in [4.78, 5) is 25.7. The van der Waals surface area contributed by atoms with Crippen molar-refractivity contribution in [2.75, 3.05) is 32.8 Å². The van der Waals surface area contributed by atoms with Crippen LogP contribution in [0.2, 0.25) is 0 Å². The topological polar surface area (TPSA) is 108 Å². The maximum atomic E-state index is 13.1. The van der Waals surface area contributed by atoms with E-state index in [9.17, 15) is 9.90 Å². The molecule has 31 heavy (non-hydrogen) atoms. The van der Waals surface area contributed by atoms with Crippen LogP contribution in [0.5, 0.6) is 0 Å². The van der Waals surface area contributed by atoms with Gasteiger partial charge in [-0.2, -0.15) is 5.10 Å². The molecule has 1 aromatic carbocycles. The molecule has 1 aromatic heterocycles. The standard InChI is InChI=1S/C21H28N4O3.CH2O2/c26-18-7-11-23(12-8-18)15-19-21(17-5-2-1-3-6-17)25(13-14-28-19)20(27)16-24-10-4-9-22-24;2-1-3/h1-6,9-10,18-19,21,26H,7-8,11-16H2;1H,(H,2,3)/t19-,21-;/m0./s1. The van der Waals surface area contributed by atoms with Gasteiger partial charge in [-0.1, -0.05) is 30.3 Å². The normalized spacial score (nSPS) is 22.4. The van der Waals surface area contributed by atoms with E-state index in [0.717, 1.165) is 38.0 Å². The third-order valence-corrected chi connectivity index (χ3v) is 5.67. The minimum absolute atomic E-state index is 0.0555. The van der Waals surface area contributed by atoms with Crippen molar-refractivity contribution in [1.82, 2.24) is 19.6 Å². The van der Waals surface area contributed by atoms with Gasteiger partial charge >= 0.3 is 0 Å². The second kappa shape index (κ2) is 11.6. The molecule has 2 aliphatic heterocycles. The van der Waals surface area contributed by atoms with E-state index in [1.54, 1.807) is 10.9 Å². The molecule has 0 spiro atoms. The number of nitrogens with zero attached hydrogens (tertiary/aromatic N) is 4. The number of carbonyl (C=O) groups is 2. The van der Waals surface area contributed by atoms with Crippen LogP contribution in [-0.2, 0) is 20.9 Å². The van der Waals surface area contributed by atoms with E-state index in [1.807, 2.05) is 35.4 Å². The molecular formula is C22H30N4O5. The highest BCUT2D eigenvalue weighted by Crippen LogP contribution is 2.31. The van der Waals surface area contributed by atoms with Crippen molar-refractivity contribution in [2.24, 2.45) is 0 Å².